The lowest BCUT2D eigenvalue weighted by Crippen LogP contribution is -2.46. The van der Waals surface area contributed by atoms with Gasteiger partial charge >= 0.3 is 0 Å². The number of ether oxygens (including phenoxy) is 1. The molecule has 2 saturated heterocycles. The van der Waals surface area contributed by atoms with Gasteiger partial charge in [-0.05, 0) is 41.4 Å². The van der Waals surface area contributed by atoms with E-state index in [-0.39, 0.29) is 0 Å². The van der Waals surface area contributed by atoms with Crippen molar-refractivity contribution < 1.29 is 4.74 Å². The van der Waals surface area contributed by atoms with Crippen LogP contribution in [0.4, 0.5) is 0 Å². The molecule has 1 aromatic rings. The third kappa shape index (κ3) is 4.68. The lowest BCUT2D eigenvalue weighted by atomic mass is 10.2. The van der Waals surface area contributed by atoms with Gasteiger partial charge in [-0.2, -0.15) is 0 Å². The number of likely N-dealkylation sites (tertiary alicyclic amines) is 1. The molecule has 3 rings (SSSR count). The van der Waals surface area contributed by atoms with Gasteiger partial charge in [0.25, 0.3) is 0 Å². The van der Waals surface area contributed by atoms with Crippen molar-refractivity contribution in [2.45, 2.75) is 25.9 Å². The fourth-order valence-corrected chi connectivity index (χ4v) is 4.60. The highest BCUT2D eigenvalue weighted by Gasteiger charge is 2.30. The molecule has 0 aromatic carbocycles. The topological polar surface area (TPSA) is 40.1 Å². The molecule has 23 heavy (non-hydrogen) atoms. The van der Waals surface area contributed by atoms with Gasteiger partial charge in [0.05, 0.1) is 23.5 Å². The molecule has 0 aliphatic carbocycles. The number of thiophene rings is 1. The van der Waals surface area contributed by atoms with E-state index in [1.165, 1.54) is 15.1 Å². The standard InChI is InChI=1S/C16H25BrN4OS/c1-2-18-16(19-11-14-3-4-15(17)23-14)21-6-5-13(12-21)20-7-9-22-10-8-20/h3-4,13H,2,5-12H2,1H3,(H,18,19). The number of morpholine rings is 1. The van der Waals surface area contributed by atoms with Crippen molar-refractivity contribution in [3.05, 3.63) is 20.8 Å². The molecule has 0 amide bonds. The van der Waals surface area contributed by atoms with E-state index in [2.05, 4.69) is 50.1 Å². The quantitative estimate of drug-likeness (QED) is 0.621. The van der Waals surface area contributed by atoms with Gasteiger partial charge in [0, 0.05) is 43.6 Å². The van der Waals surface area contributed by atoms with Crippen LogP contribution in [0.2, 0.25) is 0 Å². The van der Waals surface area contributed by atoms with Crippen LogP contribution < -0.4 is 5.32 Å². The molecule has 5 nitrogen and oxygen atoms in total. The Bertz CT molecular complexity index is 530. The summed E-state index contributed by atoms with van der Waals surface area (Å²) in [5.41, 5.74) is 0. The van der Waals surface area contributed by atoms with Crippen LogP contribution in [0.3, 0.4) is 0 Å². The molecule has 2 aliphatic heterocycles. The van der Waals surface area contributed by atoms with Crippen molar-refractivity contribution in [2.24, 2.45) is 4.99 Å². The average Bonchev–Trinajstić information content (AvgIpc) is 3.21. The fourth-order valence-electron chi connectivity index (χ4n) is 3.19. The summed E-state index contributed by atoms with van der Waals surface area (Å²) in [5, 5.41) is 3.45. The van der Waals surface area contributed by atoms with Crippen molar-refractivity contribution in [1.29, 1.82) is 0 Å². The average molecular weight is 401 g/mol. The zero-order valence-electron chi connectivity index (χ0n) is 13.6. The first-order valence-electron chi connectivity index (χ1n) is 8.35. The predicted molar refractivity (Wildman–Crippen MR) is 99.2 cm³/mol. The monoisotopic (exact) mass is 400 g/mol. The van der Waals surface area contributed by atoms with Crippen molar-refractivity contribution >= 4 is 33.2 Å². The number of guanidine groups is 1. The highest BCUT2D eigenvalue weighted by molar-refractivity contribution is 9.11. The van der Waals surface area contributed by atoms with Crippen LogP contribution in [0.1, 0.15) is 18.2 Å². The van der Waals surface area contributed by atoms with Gasteiger partial charge in [-0.25, -0.2) is 4.99 Å². The highest BCUT2D eigenvalue weighted by Crippen LogP contribution is 2.23. The Morgan fingerprint density at radius 3 is 2.91 bits per heavy atom. The molecule has 7 heteroatoms. The van der Waals surface area contributed by atoms with Crippen molar-refractivity contribution in [3.8, 4) is 0 Å². The smallest absolute Gasteiger partial charge is 0.194 e. The van der Waals surface area contributed by atoms with E-state index in [4.69, 9.17) is 9.73 Å². The van der Waals surface area contributed by atoms with Crippen LogP contribution in [0, 0.1) is 0 Å². The molecule has 3 heterocycles. The Kier molecular flexibility index (Phi) is 6.33. The van der Waals surface area contributed by atoms with Crippen LogP contribution in [-0.2, 0) is 11.3 Å². The van der Waals surface area contributed by atoms with Gasteiger partial charge in [0.1, 0.15) is 0 Å². The summed E-state index contributed by atoms with van der Waals surface area (Å²) in [6, 6.07) is 4.87. The number of halogens is 1. The minimum absolute atomic E-state index is 0.638. The third-order valence-electron chi connectivity index (χ3n) is 4.37. The Hall–Kier alpha value is -0.630. The zero-order chi connectivity index (χ0) is 16.1. The molecule has 0 radical (unpaired) electrons. The lowest BCUT2D eigenvalue weighted by molar-refractivity contribution is 0.0195. The minimum Gasteiger partial charge on any atom is -0.379 e. The molecule has 1 N–H and O–H groups in total. The second kappa shape index (κ2) is 8.46. The summed E-state index contributed by atoms with van der Waals surface area (Å²) in [6.45, 7) is 9.82. The van der Waals surface area contributed by atoms with E-state index in [1.807, 2.05) is 0 Å². The molecular weight excluding hydrogens is 376 g/mol. The predicted octanol–water partition coefficient (Wildman–Crippen LogP) is 2.38. The van der Waals surface area contributed by atoms with E-state index in [0.29, 0.717) is 6.04 Å². The fraction of sp³-hybridized carbons (Fsp3) is 0.688. The number of nitrogens with one attached hydrogen (secondary N) is 1. The summed E-state index contributed by atoms with van der Waals surface area (Å²) >= 11 is 5.27. The first kappa shape index (κ1) is 17.2. The molecule has 2 aliphatic rings. The number of aliphatic imine (C=N–C) groups is 1. The van der Waals surface area contributed by atoms with Gasteiger partial charge in [-0.1, -0.05) is 0 Å². The summed E-state index contributed by atoms with van der Waals surface area (Å²) in [6.07, 6.45) is 1.22. The van der Waals surface area contributed by atoms with Crippen LogP contribution >= 0.6 is 27.3 Å². The second-order valence-corrected chi connectivity index (χ2v) is 8.46. The molecule has 0 saturated carbocycles. The Balaban J connectivity index is 1.59. The van der Waals surface area contributed by atoms with Crippen LogP contribution in [0.5, 0.6) is 0 Å². The van der Waals surface area contributed by atoms with E-state index in [9.17, 15) is 0 Å². The van der Waals surface area contributed by atoms with Crippen molar-refractivity contribution in [2.75, 3.05) is 45.9 Å². The number of nitrogens with zero attached hydrogens (tertiary/aromatic N) is 3. The second-order valence-electron chi connectivity index (χ2n) is 5.91. The normalized spacial score (nSPS) is 23.5. The minimum atomic E-state index is 0.638. The van der Waals surface area contributed by atoms with Gasteiger partial charge in [0.15, 0.2) is 5.96 Å². The van der Waals surface area contributed by atoms with Crippen molar-refractivity contribution in [1.82, 2.24) is 15.1 Å². The molecule has 0 spiro atoms. The van der Waals surface area contributed by atoms with Gasteiger partial charge in [-0.3, -0.25) is 4.90 Å². The van der Waals surface area contributed by atoms with Gasteiger partial charge in [-0.15, -0.1) is 11.3 Å². The molecular formula is C16H25BrN4OS. The summed E-state index contributed by atoms with van der Waals surface area (Å²) < 4.78 is 6.64. The van der Waals surface area contributed by atoms with E-state index in [0.717, 1.165) is 58.4 Å². The van der Waals surface area contributed by atoms with Gasteiger partial charge in [0.2, 0.25) is 0 Å². The van der Waals surface area contributed by atoms with E-state index in [1.54, 1.807) is 11.3 Å². The lowest BCUT2D eigenvalue weighted by Gasteiger charge is -2.32. The number of rotatable bonds is 4. The Labute approximate surface area is 150 Å². The summed E-state index contributed by atoms with van der Waals surface area (Å²) in [7, 11) is 0. The highest BCUT2D eigenvalue weighted by atomic mass is 79.9. The molecule has 1 atom stereocenters. The van der Waals surface area contributed by atoms with Crippen molar-refractivity contribution in [3.63, 3.8) is 0 Å². The molecule has 0 bridgehead atoms. The zero-order valence-corrected chi connectivity index (χ0v) is 16.0. The maximum atomic E-state index is 5.47. The number of hydrogen-bond donors (Lipinski definition) is 1. The number of hydrogen-bond acceptors (Lipinski definition) is 4. The first-order chi connectivity index (χ1) is 11.3. The molecule has 1 unspecified atom stereocenters. The molecule has 1 aromatic heterocycles. The van der Waals surface area contributed by atoms with Crippen LogP contribution in [0.25, 0.3) is 0 Å². The van der Waals surface area contributed by atoms with Gasteiger partial charge < -0.3 is 15.0 Å². The van der Waals surface area contributed by atoms with E-state index < -0.39 is 0 Å². The van der Waals surface area contributed by atoms with Crippen LogP contribution in [-0.4, -0.2) is 67.7 Å². The maximum Gasteiger partial charge on any atom is 0.194 e. The molecule has 128 valence electrons. The van der Waals surface area contributed by atoms with Crippen LogP contribution in [0.15, 0.2) is 20.9 Å². The Morgan fingerprint density at radius 2 is 2.22 bits per heavy atom. The maximum absolute atomic E-state index is 5.47. The SMILES string of the molecule is CCNC(=NCc1ccc(Br)s1)N1CCC(N2CCOCC2)C1. The first-order valence-corrected chi connectivity index (χ1v) is 9.96. The Morgan fingerprint density at radius 1 is 1.39 bits per heavy atom. The third-order valence-corrected chi connectivity index (χ3v) is 5.98. The summed E-state index contributed by atoms with van der Waals surface area (Å²) in [4.78, 5) is 11.1. The molecule has 2 fully saturated rings. The van der Waals surface area contributed by atoms with E-state index >= 15 is 0 Å². The largest absolute Gasteiger partial charge is 0.379 e. The summed E-state index contributed by atoms with van der Waals surface area (Å²) in [5.74, 6) is 1.05.